The van der Waals surface area contributed by atoms with Gasteiger partial charge in [-0.3, -0.25) is 0 Å². The van der Waals surface area contributed by atoms with E-state index in [1.165, 1.54) is 6.26 Å². The zero-order chi connectivity index (χ0) is 21.1. The summed E-state index contributed by atoms with van der Waals surface area (Å²) in [6.45, 7) is 1.46. The van der Waals surface area contributed by atoms with Crippen molar-refractivity contribution in [2.75, 3.05) is 29.6 Å². The van der Waals surface area contributed by atoms with E-state index in [0.29, 0.717) is 24.5 Å². The Balaban J connectivity index is 1.67. The highest BCUT2D eigenvalue weighted by Crippen LogP contribution is 2.27. The molecule has 0 aliphatic carbocycles. The summed E-state index contributed by atoms with van der Waals surface area (Å²) in [5.41, 5.74) is 2.48. The molecular weight excluding hydrogens is 400 g/mol. The summed E-state index contributed by atoms with van der Waals surface area (Å²) in [5, 5.41) is 13.0. The second kappa shape index (κ2) is 8.41. The molecule has 2 aromatic carbocycles. The van der Waals surface area contributed by atoms with Crippen LogP contribution in [-0.2, 0) is 9.84 Å². The van der Waals surface area contributed by atoms with Crippen LogP contribution >= 0.6 is 0 Å². The SMILES string of the molecule is CS(=O)(=O)c1ccc(Nc2nc(-c3ccccc3)cc(N3CCC(O)CC3)n2)cc1. The van der Waals surface area contributed by atoms with Crippen molar-refractivity contribution in [2.45, 2.75) is 23.8 Å². The first-order chi connectivity index (χ1) is 14.4. The molecule has 0 amide bonds. The van der Waals surface area contributed by atoms with Crippen LogP contribution < -0.4 is 10.2 Å². The molecule has 30 heavy (non-hydrogen) atoms. The van der Waals surface area contributed by atoms with E-state index in [4.69, 9.17) is 0 Å². The van der Waals surface area contributed by atoms with Crippen LogP contribution in [0.2, 0.25) is 0 Å². The Morgan fingerprint density at radius 1 is 1.00 bits per heavy atom. The van der Waals surface area contributed by atoms with Crippen LogP contribution in [-0.4, -0.2) is 48.9 Å². The molecule has 4 rings (SSSR count). The first kappa shape index (κ1) is 20.3. The molecule has 0 saturated carbocycles. The second-order valence-electron chi connectivity index (χ2n) is 7.44. The van der Waals surface area contributed by atoms with Crippen molar-refractivity contribution in [3.8, 4) is 11.3 Å². The number of nitrogens with one attached hydrogen (secondary N) is 1. The van der Waals surface area contributed by atoms with Gasteiger partial charge in [0.25, 0.3) is 0 Å². The lowest BCUT2D eigenvalue weighted by Gasteiger charge is -2.30. The lowest BCUT2D eigenvalue weighted by Crippen LogP contribution is -2.36. The molecule has 1 fully saturated rings. The van der Waals surface area contributed by atoms with Crippen LogP contribution in [0.15, 0.2) is 65.6 Å². The third-order valence-corrected chi connectivity index (χ3v) is 6.24. The average Bonchev–Trinajstić information content (AvgIpc) is 2.74. The minimum atomic E-state index is -3.25. The van der Waals surface area contributed by atoms with Gasteiger partial charge in [0, 0.05) is 36.7 Å². The maximum absolute atomic E-state index is 11.7. The van der Waals surface area contributed by atoms with Crippen LogP contribution in [0, 0.1) is 0 Å². The smallest absolute Gasteiger partial charge is 0.229 e. The van der Waals surface area contributed by atoms with Gasteiger partial charge in [-0.15, -0.1) is 0 Å². The molecule has 2 heterocycles. The van der Waals surface area contributed by atoms with E-state index in [1.54, 1.807) is 24.3 Å². The Bertz CT molecular complexity index is 1110. The third-order valence-electron chi connectivity index (χ3n) is 5.11. The first-order valence-corrected chi connectivity index (χ1v) is 11.7. The second-order valence-corrected chi connectivity index (χ2v) is 9.46. The quantitative estimate of drug-likeness (QED) is 0.649. The van der Waals surface area contributed by atoms with Gasteiger partial charge < -0.3 is 15.3 Å². The zero-order valence-electron chi connectivity index (χ0n) is 16.7. The highest BCUT2D eigenvalue weighted by molar-refractivity contribution is 7.90. The van der Waals surface area contributed by atoms with Crippen molar-refractivity contribution in [3.63, 3.8) is 0 Å². The normalized spacial score (nSPS) is 15.2. The Kier molecular flexibility index (Phi) is 5.69. The molecule has 1 aromatic heterocycles. The predicted octanol–water partition coefficient (Wildman–Crippen LogP) is 3.25. The number of piperidine rings is 1. The van der Waals surface area contributed by atoms with E-state index in [-0.39, 0.29) is 11.0 Å². The number of aromatic nitrogens is 2. The number of aliphatic hydroxyl groups is 1. The van der Waals surface area contributed by atoms with Gasteiger partial charge in [-0.1, -0.05) is 30.3 Å². The van der Waals surface area contributed by atoms with Crippen molar-refractivity contribution in [2.24, 2.45) is 0 Å². The maximum atomic E-state index is 11.7. The van der Waals surface area contributed by atoms with Gasteiger partial charge in [-0.05, 0) is 37.1 Å². The van der Waals surface area contributed by atoms with Gasteiger partial charge in [0.2, 0.25) is 5.95 Å². The van der Waals surface area contributed by atoms with Gasteiger partial charge in [0.05, 0.1) is 16.7 Å². The van der Waals surface area contributed by atoms with Crippen LogP contribution in [0.1, 0.15) is 12.8 Å². The fourth-order valence-corrected chi connectivity index (χ4v) is 4.05. The highest BCUT2D eigenvalue weighted by Gasteiger charge is 2.20. The fraction of sp³-hybridized carbons (Fsp3) is 0.273. The van der Waals surface area contributed by atoms with Gasteiger partial charge in [0.1, 0.15) is 5.82 Å². The molecule has 0 bridgehead atoms. The van der Waals surface area contributed by atoms with Crippen molar-refractivity contribution < 1.29 is 13.5 Å². The minimum absolute atomic E-state index is 0.261. The van der Waals surface area contributed by atoms with Crippen molar-refractivity contribution in [1.29, 1.82) is 0 Å². The highest BCUT2D eigenvalue weighted by atomic mass is 32.2. The lowest BCUT2D eigenvalue weighted by molar-refractivity contribution is 0.145. The summed E-state index contributed by atoms with van der Waals surface area (Å²) in [4.78, 5) is 11.8. The number of anilines is 3. The predicted molar refractivity (Wildman–Crippen MR) is 118 cm³/mol. The summed E-state index contributed by atoms with van der Waals surface area (Å²) in [6.07, 6.45) is 2.34. The number of benzene rings is 2. The molecule has 8 heteroatoms. The third kappa shape index (κ3) is 4.77. The number of nitrogens with zero attached hydrogens (tertiary/aromatic N) is 3. The van der Waals surface area contributed by atoms with Gasteiger partial charge in [-0.25, -0.2) is 13.4 Å². The topological polar surface area (TPSA) is 95.4 Å². The molecule has 2 N–H and O–H groups in total. The molecule has 0 atom stereocenters. The summed E-state index contributed by atoms with van der Waals surface area (Å²) >= 11 is 0. The molecule has 7 nitrogen and oxygen atoms in total. The Morgan fingerprint density at radius 2 is 1.67 bits per heavy atom. The van der Waals surface area contributed by atoms with Crippen molar-refractivity contribution in [1.82, 2.24) is 9.97 Å². The van der Waals surface area contributed by atoms with Crippen molar-refractivity contribution in [3.05, 3.63) is 60.7 Å². The number of hydrogen-bond acceptors (Lipinski definition) is 7. The number of hydrogen-bond donors (Lipinski definition) is 2. The van der Waals surface area contributed by atoms with Crippen LogP contribution in [0.4, 0.5) is 17.5 Å². The monoisotopic (exact) mass is 424 g/mol. The van der Waals surface area contributed by atoms with Crippen LogP contribution in [0.5, 0.6) is 0 Å². The van der Waals surface area contributed by atoms with E-state index >= 15 is 0 Å². The summed E-state index contributed by atoms with van der Waals surface area (Å²) in [7, 11) is -3.25. The standard InChI is InChI=1S/C22H24N4O3S/c1-30(28,29)19-9-7-17(8-10-19)23-22-24-20(16-5-3-2-4-6-16)15-21(25-22)26-13-11-18(27)12-14-26/h2-10,15,18,27H,11-14H2,1H3,(H,23,24,25). The number of rotatable bonds is 5. The number of sulfone groups is 1. The lowest BCUT2D eigenvalue weighted by atomic mass is 10.1. The fourth-order valence-electron chi connectivity index (χ4n) is 3.42. The van der Waals surface area contributed by atoms with E-state index in [0.717, 1.165) is 30.2 Å². The molecule has 1 aliphatic heterocycles. The van der Waals surface area contributed by atoms with Crippen LogP contribution in [0.3, 0.4) is 0 Å². The van der Waals surface area contributed by atoms with E-state index in [9.17, 15) is 13.5 Å². The molecule has 1 saturated heterocycles. The Morgan fingerprint density at radius 3 is 2.30 bits per heavy atom. The van der Waals surface area contributed by atoms with E-state index < -0.39 is 9.84 Å². The Labute approximate surface area is 176 Å². The molecule has 0 radical (unpaired) electrons. The molecular formula is C22H24N4O3S. The first-order valence-electron chi connectivity index (χ1n) is 9.83. The Hall–Kier alpha value is -2.97. The van der Waals surface area contributed by atoms with Gasteiger partial charge in [0.15, 0.2) is 9.84 Å². The van der Waals surface area contributed by atoms with E-state index in [1.807, 2.05) is 36.4 Å². The average molecular weight is 425 g/mol. The van der Waals surface area contributed by atoms with Crippen LogP contribution in [0.25, 0.3) is 11.3 Å². The van der Waals surface area contributed by atoms with E-state index in [2.05, 4.69) is 20.2 Å². The minimum Gasteiger partial charge on any atom is -0.393 e. The van der Waals surface area contributed by atoms with Crippen molar-refractivity contribution >= 4 is 27.3 Å². The molecule has 1 aliphatic rings. The summed E-state index contributed by atoms with van der Waals surface area (Å²) in [5.74, 6) is 1.23. The largest absolute Gasteiger partial charge is 0.393 e. The molecule has 0 spiro atoms. The summed E-state index contributed by atoms with van der Waals surface area (Å²) < 4.78 is 23.4. The molecule has 3 aromatic rings. The zero-order valence-corrected chi connectivity index (χ0v) is 17.5. The maximum Gasteiger partial charge on any atom is 0.229 e. The van der Waals surface area contributed by atoms with Gasteiger partial charge in [-0.2, -0.15) is 4.98 Å². The molecule has 156 valence electrons. The number of aliphatic hydroxyl groups excluding tert-OH is 1. The summed E-state index contributed by atoms with van der Waals surface area (Å²) in [6, 6.07) is 18.4. The molecule has 0 unspecified atom stereocenters. The van der Waals surface area contributed by atoms with Gasteiger partial charge >= 0.3 is 0 Å².